The van der Waals surface area contributed by atoms with Crippen LogP contribution in [0.15, 0.2) is 48.5 Å². The second kappa shape index (κ2) is 4.79. The highest BCUT2D eigenvalue weighted by Crippen LogP contribution is 2.16. The van der Waals surface area contributed by atoms with E-state index >= 15 is 0 Å². The highest BCUT2D eigenvalue weighted by molar-refractivity contribution is 5.84. The molecule has 0 amide bonds. The fourth-order valence-electron chi connectivity index (χ4n) is 1.65. The van der Waals surface area contributed by atoms with E-state index in [4.69, 9.17) is 0 Å². The van der Waals surface area contributed by atoms with Crippen LogP contribution in [0.2, 0.25) is 0 Å². The molecule has 1 radical (unpaired) electrons. The van der Waals surface area contributed by atoms with Crippen molar-refractivity contribution in [3.8, 4) is 0 Å². The van der Waals surface area contributed by atoms with Crippen molar-refractivity contribution >= 4 is 16.8 Å². The molecule has 0 nitrogen and oxygen atoms in total. The molecular weight excluding hydrogens is 180 g/mol. The maximum Gasteiger partial charge on any atom is -0.0178 e. The lowest BCUT2D eigenvalue weighted by Crippen LogP contribution is -1.75. The normalized spacial score (nSPS) is 11.3. The molecule has 2 rings (SSSR count). The largest absolute Gasteiger partial charge is 0.0839 e. The minimum absolute atomic E-state index is 0.962. The van der Waals surface area contributed by atoms with Crippen molar-refractivity contribution < 1.29 is 0 Å². The first-order valence-electron chi connectivity index (χ1n) is 5.35. The highest BCUT2D eigenvalue weighted by atomic mass is 14.0. The van der Waals surface area contributed by atoms with E-state index in [1.165, 1.54) is 16.3 Å². The zero-order valence-electron chi connectivity index (χ0n) is 8.82. The monoisotopic (exact) mass is 195 g/mol. The van der Waals surface area contributed by atoms with E-state index in [0.29, 0.717) is 0 Å². The average molecular weight is 195 g/mol. The van der Waals surface area contributed by atoms with Gasteiger partial charge in [0.15, 0.2) is 0 Å². The zero-order valence-corrected chi connectivity index (χ0v) is 8.82. The summed E-state index contributed by atoms with van der Waals surface area (Å²) in [4.78, 5) is 0. The molecule has 0 unspecified atom stereocenters. The van der Waals surface area contributed by atoms with Gasteiger partial charge in [0.1, 0.15) is 0 Å². The van der Waals surface area contributed by atoms with Crippen molar-refractivity contribution in [1.82, 2.24) is 0 Å². The van der Waals surface area contributed by atoms with Crippen LogP contribution < -0.4 is 0 Å². The second-order valence-electron chi connectivity index (χ2n) is 3.65. The number of hydrogen-bond acceptors (Lipinski definition) is 0. The standard InChI is InChI=1S/C15H15/c1-2-3-4-7-13-10-11-14-8-5-6-9-15(14)12-13/h4-12H,1-3H2/b7-4+. The molecule has 0 heteroatoms. The molecule has 0 aliphatic rings. The summed E-state index contributed by atoms with van der Waals surface area (Å²) in [6, 6.07) is 15.0. The minimum atomic E-state index is 0.962. The van der Waals surface area contributed by atoms with Gasteiger partial charge in [0.2, 0.25) is 0 Å². The van der Waals surface area contributed by atoms with Crippen molar-refractivity contribution in [2.75, 3.05) is 0 Å². The van der Waals surface area contributed by atoms with Crippen LogP contribution in [-0.2, 0) is 0 Å². The predicted molar refractivity (Wildman–Crippen MR) is 67.6 cm³/mol. The molecule has 0 heterocycles. The van der Waals surface area contributed by atoms with Gasteiger partial charge < -0.3 is 0 Å². The Morgan fingerprint density at radius 1 is 1.00 bits per heavy atom. The van der Waals surface area contributed by atoms with Gasteiger partial charge in [-0.25, -0.2) is 0 Å². The third-order valence-corrected chi connectivity index (χ3v) is 2.45. The first-order valence-corrected chi connectivity index (χ1v) is 5.35. The summed E-state index contributed by atoms with van der Waals surface area (Å²) in [6.45, 7) is 3.82. The van der Waals surface area contributed by atoms with E-state index in [1.54, 1.807) is 0 Å². The summed E-state index contributed by atoms with van der Waals surface area (Å²) < 4.78 is 0. The summed E-state index contributed by atoms with van der Waals surface area (Å²) in [5, 5.41) is 2.60. The first-order chi connectivity index (χ1) is 7.40. The molecule has 0 atom stereocenters. The van der Waals surface area contributed by atoms with Crippen molar-refractivity contribution in [3.63, 3.8) is 0 Å². The lowest BCUT2D eigenvalue weighted by Gasteiger charge is -1.98. The summed E-state index contributed by atoms with van der Waals surface area (Å²) in [6.07, 6.45) is 6.35. The Kier molecular flexibility index (Phi) is 3.18. The molecule has 0 aliphatic carbocycles. The van der Waals surface area contributed by atoms with Crippen LogP contribution >= 0.6 is 0 Å². The molecule has 0 saturated carbocycles. The predicted octanol–water partition coefficient (Wildman–Crippen LogP) is 4.47. The minimum Gasteiger partial charge on any atom is -0.0839 e. The Morgan fingerprint density at radius 2 is 1.80 bits per heavy atom. The van der Waals surface area contributed by atoms with E-state index in [9.17, 15) is 0 Å². The molecule has 15 heavy (non-hydrogen) atoms. The third-order valence-electron chi connectivity index (χ3n) is 2.45. The molecular formula is C15H15. The van der Waals surface area contributed by atoms with Gasteiger partial charge in [-0.05, 0) is 35.2 Å². The van der Waals surface area contributed by atoms with Crippen molar-refractivity contribution in [1.29, 1.82) is 0 Å². The fraction of sp³-hybridized carbons (Fsp3) is 0.133. The van der Waals surface area contributed by atoms with E-state index in [-0.39, 0.29) is 0 Å². The van der Waals surface area contributed by atoms with Crippen LogP contribution in [0.4, 0.5) is 0 Å². The van der Waals surface area contributed by atoms with Gasteiger partial charge in [0.25, 0.3) is 0 Å². The van der Waals surface area contributed by atoms with Gasteiger partial charge in [-0.1, -0.05) is 55.5 Å². The molecule has 2 aromatic rings. The van der Waals surface area contributed by atoms with Gasteiger partial charge in [-0.2, -0.15) is 0 Å². The molecule has 75 valence electrons. The van der Waals surface area contributed by atoms with Crippen LogP contribution in [0.5, 0.6) is 0 Å². The van der Waals surface area contributed by atoms with E-state index in [0.717, 1.165) is 12.8 Å². The van der Waals surface area contributed by atoms with Crippen LogP contribution in [0.3, 0.4) is 0 Å². The first kappa shape index (κ1) is 9.97. The van der Waals surface area contributed by atoms with Crippen molar-refractivity contribution in [2.45, 2.75) is 12.8 Å². The molecule has 0 aromatic heterocycles. The number of allylic oxidation sites excluding steroid dienone is 1. The van der Waals surface area contributed by atoms with Gasteiger partial charge in [-0.3, -0.25) is 0 Å². The Bertz CT molecular complexity index is 466. The Labute approximate surface area is 91.2 Å². The Hall–Kier alpha value is -1.56. The van der Waals surface area contributed by atoms with Crippen LogP contribution in [0.1, 0.15) is 18.4 Å². The molecule has 2 aromatic carbocycles. The molecule has 0 saturated heterocycles. The summed E-state index contributed by atoms with van der Waals surface area (Å²) in [7, 11) is 0. The van der Waals surface area contributed by atoms with Gasteiger partial charge in [-0.15, -0.1) is 0 Å². The van der Waals surface area contributed by atoms with Crippen LogP contribution in [-0.4, -0.2) is 0 Å². The van der Waals surface area contributed by atoms with Gasteiger partial charge >= 0.3 is 0 Å². The Balaban J connectivity index is 2.30. The zero-order chi connectivity index (χ0) is 10.5. The quantitative estimate of drug-likeness (QED) is 0.678. The third kappa shape index (κ3) is 2.47. The SMILES string of the molecule is [CH2]CC/C=C/c1ccc2ccccc2c1. The van der Waals surface area contributed by atoms with E-state index < -0.39 is 0 Å². The number of fused-ring (bicyclic) bond motifs is 1. The molecule has 0 fully saturated rings. The smallest absolute Gasteiger partial charge is 0.0178 e. The second-order valence-corrected chi connectivity index (χ2v) is 3.65. The lowest BCUT2D eigenvalue weighted by atomic mass is 10.1. The molecule has 0 aliphatic heterocycles. The summed E-state index contributed by atoms with van der Waals surface area (Å²) in [5.74, 6) is 0. The summed E-state index contributed by atoms with van der Waals surface area (Å²) in [5.41, 5.74) is 1.27. The molecule has 0 N–H and O–H groups in total. The number of rotatable bonds is 3. The number of benzene rings is 2. The average Bonchev–Trinajstić information content (AvgIpc) is 2.29. The van der Waals surface area contributed by atoms with Gasteiger partial charge in [0.05, 0.1) is 0 Å². The molecule has 0 spiro atoms. The van der Waals surface area contributed by atoms with Crippen LogP contribution in [0.25, 0.3) is 16.8 Å². The number of unbranched alkanes of at least 4 members (excludes halogenated alkanes) is 1. The van der Waals surface area contributed by atoms with Gasteiger partial charge in [0, 0.05) is 0 Å². The Morgan fingerprint density at radius 3 is 2.60 bits per heavy atom. The van der Waals surface area contributed by atoms with E-state index in [1.807, 2.05) is 0 Å². The maximum atomic E-state index is 3.82. The summed E-state index contributed by atoms with van der Waals surface area (Å²) >= 11 is 0. The van der Waals surface area contributed by atoms with Crippen LogP contribution in [0, 0.1) is 6.92 Å². The topological polar surface area (TPSA) is 0 Å². The molecule has 0 bridgehead atoms. The van der Waals surface area contributed by atoms with E-state index in [2.05, 4.69) is 61.5 Å². The lowest BCUT2D eigenvalue weighted by molar-refractivity contribution is 1.06. The van der Waals surface area contributed by atoms with Crippen molar-refractivity contribution in [2.24, 2.45) is 0 Å². The fourth-order valence-corrected chi connectivity index (χ4v) is 1.65. The number of hydrogen-bond donors (Lipinski definition) is 0. The highest BCUT2D eigenvalue weighted by Gasteiger charge is 1.92. The maximum absolute atomic E-state index is 3.82. The van der Waals surface area contributed by atoms with Crippen molar-refractivity contribution in [3.05, 3.63) is 61.0 Å².